The van der Waals surface area contributed by atoms with Crippen molar-refractivity contribution in [2.75, 3.05) is 26.0 Å². The van der Waals surface area contributed by atoms with E-state index in [4.69, 9.17) is 0 Å². The van der Waals surface area contributed by atoms with Crippen LogP contribution in [0.1, 0.15) is 11.1 Å². The van der Waals surface area contributed by atoms with Gasteiger partial charge in [0.05, 0.1) is 0 Å². The molecule has 0 atom stereocenters. The molecule has 0 saturated heterocycles. The molecule has 0 aromatic heterocycles. The fourth-order valence-electron chi connectivity index (χ4n) is 1.57. The first-order valence-corrected chi connectivity index (χ1v) is 4.77. The molecule has 76 valence electrons. The lowest BCUT2D eigenvalue weighted by atomic mass is 10.0. The Labute approximate surface area is 86.2 Å². The second-order valence-electron chi connectivity index (χ2n) is 3.48. The van der Waals surface area contributed by atoms with Crippen LogP contribution in [0.3, 0.4) is 0 Å². The van der Waals surface area contributed by atoms with Crippen molar-refractivity contribution in [1.29, 1.82) is 0 Å². The summed E-state index contributed by atoms with van der Waals surface area (Å²) in [5.41, 5.74) is 3.72. The molecule has 0 unspecified atom stereocenters. The zero-order chi connectivity index (χ0) is 10.6. The Kier molecular flexibility index (Phi) is 3.72. The molecule has 0 bridgehead atoms. The molecule has 0 aliphatic carbocycles. The van der Waals surface area contributed by atoms with Gasteiger partial charge in [0.15, 0.2) is 0 Å². The average molecular weight is 190 g/mol. The van der Waals surface area contributed by atoms with Crippen LogP contribution in [-0.4, -0.2) is 21.1 Å². The molecule has 14 heavy (non-hydrogen) atoms. The van der Waals surface area contributed by atoms with Crippen LogP contribution in [0.25, 0.3) is 6.08 Å². The van der Waals surface area contributed by atoms with E-state index in [0.29, 0.717) is 0 Å². The number of hydrogen-bond donors (Lipinski definition) is 1. The smallest absolute Gasteiger partial charge is 0.0437 e. The Bertz CT molecular complexity index is 316. The molecule has 1 aromatic rings. The van der Waals surface area contributed by atoms with Gasteiger partial charge in [-0.25, -0.2) is 0 Å². The van der Waals surface area contributed by atoms with Gasteiger partial charge < -0.3 is 10.2 Å². The normalized spacial score (nSPS) is 9.93. The lowest BCUT2D eigenvalue weighted by Crippen LogP contribution is -2.13. The standard InChI is InChI=1S/C12H18N2/c1-5-11-10(9-13-2)7-6-8-12(11)14(3)4/h5-8,13H,1,9H2,2-4H3. The van der Waals surface area contributed by atoms with Crippen LogP contribution < -0.4 is 10.2 Å². The van der Waals surface area contributed by atoms with Crippen LogP contribution in [0.4, 0.5) is 5.69 Å². The summed E-state index contributed by atoms with van der Waals surface area (Å²) >= 11 is 0. The van der Waals surface area contributed by atoms with Gasteiger partial charge in [0, 0.05) is 31.9 Å². The number of nitrogens with one attached hydrogen (secondary N) is 1. The minimum absolute atomic E-state index is 0.878. The molecular formula is C12H18N2. The predicted molar refractivity (Wildman–Crippen MR) is 63.6 cm³/mol. The van der Waals surface area contributed by atoms with E-state index in [1.165, 1.54) is 16.8 Å². The minimum atomic E-state index is 0.878. The number of anilines is 1. The van der Waals surface area contributed by atoms with E-state index in [9.17, 15) is 0 Å². The molecular weight excluding hydrogens is 172 g/mol. The van der Waals surface area contributed by atoms with E-state index in [2.05, 4.69) is 35.0 Å². The number of nitrogens with zero attached hydrogens (tertiary/aromatic N) is 1. The lowest BCUT2D eigenvalue weighted by molar-refractivity contribution is 0.816. The van der Waals surface area contributed by atoms with E-state index in [1.807, 2.05) is 27.2 Å². The van der Waals surface area contributed by atoms with Gasteiger partial charge in [-0.2, -0.15) is 0 Å². The molecule has 0 aliphatic heterocycles. The molecule has 0 heterocycles. The monoisotopic (exact) mass is 190 g/mol. The molecule has 2 nitrogen and oxygen atoms in total. The van der Waals surface area contributed by atoms with Gasteiger partial charge in [0.25, 0.3) is 0 Å². The van der Waals surface area contributed by atoms with Crippen LogP contribution in [-0.2, 0) is 6.54 Å². The Hall–Kier alpha value is -1.28. The van der Waals surface area contributed by atoms with Gasteiger partial charge in [-0.3, -0.25) is 0 Å². The van der Waals surface area contributed by atoms with Crippen molar-refractivity contribution in [2.45, 2.75) is 6.54 Å². The third-order valence-electron chi connectivity index (χ3n) is 2.23. The summed E-state index contributed by atoms with van der Waals surface area (Å²) in [5, 5.41) is 3.16. The van der Waals surface area contributed by atoms with Gasteiger partial charge in [-0.15, -0.1) is 0 Å². The summed E-state index contributed by atoms with van der Waals surface area (Å²) in [7, 11) is 6.05. The van der Waals surface area contributed by atoms with Gasteiger partial charge in [0.2, 0.25) is 0 Å². The zero-order valence-electron chi connectivity index (χ0n) is 9.17. The summed E-state index contributed by atoms with van der Waals surface area (Å²) < 4.78 is 0. The first kappa shape index (κ1) is 10.8. The van der Waals surface area contributed by atoms with Crippen LogP contribution in [0.5, 0.6) is 0 Å². The Balaban J connectivity index is 3.17. The first-order chi connectivity index (χ1) is 6.70. The summed E-state index contributed by atoms with van der Waals surface area (Å²) in [5.74, 6) is 0. The second kappa shape index (κ2) is 4.82. The van der Waals surface area contributed by atoms with Crippen molar-refractivity contribution in [1.82, 2.24) is 5.32 Å². The third-order valence-corrected chi connectivity index (χ3v) is 2.23. The van der Waals surface area contributed by atoms with Crippen molar-refractivity contribution in [3.05, 3.63) is 35.9 Å². The van der Waals surface area contributed by atoms with Gasteiger partial charge in [-0.05, 0) is 18.7 Å². The molecule has 0 fully saturated rings. The highest BCUT2D eigenvalue weighted by Crippen LogP contribution is 2.23. The largest absolute Gasteiger partial charge is 0.377 e. The van der Waals surface area contributed by atoms with Crippen molar-refractivity contribution < 1.29 is 0 Å². The highest BCUT2D eigenvalue weighted by atomic mass is 15.1. The first-order valence-electron chi connectivity index (χ1n) is 4.77. The maximum absolute atomic E-state index is 3.86. The number of hydrogen-bond acceptors (Lipinski definition) is 2. The fraction of sp³-hybridized carbons (Fsp3) is 0.333. The van der Waals surface area contributed by atoms with Gasteiger partial charge >= 0.3 is 0 Å². The molecule has 1 rings (SSSR count). The van der Waals surface area contributed by atoms with Crippen LogP contribution in [0.2, 0.25) is 0 Å². The molecule has 1 N–H and O–H groups in total. The maximum atomic E-state index is 3.86. The topological polar surface area (TPSA) is 15.3 Å². The Morgan fingerprint density at radius 1 is 1.43 bits per heavy atom. The van der Waals surface area contributed by atoms with Crippen LogP contribution in [0, 0.1) is 0 Å². The van der Waals surface area contributed by atoms with E-state index >= 15 is 0 Å². The highest BCUT2D eigenvalue weighted by Gasteiger charge is 2.05. The fourth-order valence-corrected chi connectivity index (χ4v) is 1.57. The van der Waals surface area contributed by atoms with Crippen LogP contribution >= 0.6 is 0 Å². The van der Waals surface area contributed by atoms with E-state index in [-0.39, 0.29) is 0 Å². The molecule has 0 spiro atoms. The number of rotatable bonds is 4. The minimum Gasteiger partial charge on any atom is -0.377 e. The van der Waals surface area contributed by atoms with Crippen molar-refractivity contribution in [3.8, 4) is 0 Å². The van der Waals surface area contributed by atoms with E-state index < -0.39 is 0 Å². The van der Waals surface area contributed by atoms with Gasteiger partial charge in [0.1, 0.15) is 0 Å². The third kappa shape index (κ3) is 2.15. The van der Waals surface area contributed by atoms with E-state index in [1.54, 1.807) is 0 Å². The second-order valence-corrected chi connectivity index (χ2v) is 3.48. The van der Waals surface area contributed by atoms with Gasteiger partial charge in [-0.1, -0.05) is 24.8 Å². The predicted octanol–water partition coefficient (Wildman–Crippen LogP) is 2.12. The van der Waals surface area contributed by atoms with Crippen molar-refractivity contribution in [3.63, 3.8) is 0 Å². The molecule has 0 saturated carbocycles. The number of benzene rings is 1. The summed E-state index contributed by atoms with van der Waals surface area (Å²) in [6, 6.07) is 6.31. The molecule has 0 aliphatic rings. The highest BCUT2D eigenvalue weighted by molar-refractivity contribution is 5.69. The summed E-state index contributed by atoms with van der Waals surface area (Å²) in [6.07, 6.45) is 1.92. The maximum Gasteiger partial charge on any atom is 0.0437 e. The lowest BCUT2D eigenvalue weighted by Gasteiger charge is -2.18. The molecule has 0 radical (unpaired) electrons. The zero-order valence-corrected chi connectivity index (χ0v) is 9.17. The van der Waals surface area contributed by atoms with Crippen molar-refractivity contribution >= 4 is 11.8 Å². The van der Waals surface area contributed by atoms with Crippen LogP contribution in [0.15, 0.2) is 24.8 Å². The summed E-state index contributed by atoms with van der Waals surface area (Å²) in [6.45, 7) is 4.74. The van der Waals surface area contributed by atoms with Crippen molar-refractivity contribution in [2.24, 2.45) is 0 Å². The average Bonchev–Trinajstić information content (AvgIpc) is 2.18. The SMILES string of the molecule is C=Cc1c(CNC)cccc1N(C)C. The van der Waals surface area contributed by atoms with E-state index in [0.717, 1.165) is 6.54 Å². The quantitative estimate of drug-likeness (QED) is 0.782. The molecule has 2 heteroatoms. The molecule has 0 amide bonds. The molecule has 1 aromatic carbocycles. The Morgan fingerprint density at radius 2 is 2.14 bits per heavy atom. The Morgan fingerprint density at radius 3 is 2.64 bits per heavy atom. The summed E-state index contributed by atoms with van der Waals surface area (Å²) in [4.78, 5) is 2.11.